The van der Waals surface area contributed by atoms with Crippen LogP contribution in [-0.2, 0) is 9.53 Å². The standard InChI is InChI=1S/C10H14N4O2S/c11-8(17)10(1-3-16-4-2-10)9(15)14-7-5-12-13-6-7/h5-6H,1-4H2,(H2,11,17)(H,12,13)(H,14,15). The molecule has 17 heavy (non-hydrogen) atoms. The largest absolute Gasteiger partial charge is 0.392 e. The van der Waals surface area contributed by atoms with Gasteiger partial charge in [0.05, 0.1) is 16.9 Å². The van der Waals surface area contributed by atoms with Crippen molar-refractivity contribution in [2.75, 3.05) is 18.5 Å². The Labute approximate surface area is 104 Å². The van der Waals surface area contributed by atoms with Crippen LogP contribution in [0.1, 0.15) is 12.8 Å². The first-order valence-corrected chi connectivity index (χ1v) is 5.74. The van der Waals surface area contributed by atoms with Gasteiger partial charge in [0.2, 0.25) is 5.91 Å². The van der Waals surface area contributed by atoms with Crippen LogP contribution >= 0.6 is 12.2 Å². The molecule has 0 saturated carbocycles. The Kier molecular flexibility index (Phi) is 3.39. The fraction of sp³-hybridized carbons (Fsp3) is 0.500. The van der Waals surface area contributed by atoms with E-state index in [1.807, 2.05) is 0 Å². The molecule has 6 nitrogen and oxygen atoms in total. The number of hydrogen-bond acceptors (Lipinski definition) is 4. The molecular weight excluding hydrogens is 240 g/mol. The molecule has 1 aromatic rings. The summed E-state index contributed by atoms with van der Waals surface area (Å²) in [5.41, 5.74) is 5.53. The van der Waals surface area contributed by atoms with E-state index >= 15 is 0 Å². The Morgan fingerprint density at radius 2 is 2.29 bits per heavy atom. The van der Waals surface area contributed by atoms with Crippen LogP contribution in [-0.4, -0.2) is 34.3 Å². The third kappa shape index (κ3) is 2.29. The van der Waals surface area contributed by atoms with Crippen LogP contribution < -0.4 is 11.1 Å². The summed E-state index contributed by atoms with van der Waals surface area (Å²) in [4.78, 5) is 12.5. The lowest BCUT2D eigenvalue weighted by Gasteiger charge is -2.34. The third-order valence-corrected chi connectivity index (χ3v) is 3.40. The second-order valence-electron chi connectivity index (χ2n) is 4.00. The van der Waals surface area contributed by atoms with Gasteiger partial charge in [-0.1, -0.05) is 12.2 Å². The number of H-pyrrole nitrogens is 1. The number of hydrogen-bond donors (Lipinski definition) is 3. The number of ether oxygens (including phenoxy) is 1. The van der Waals surface area contributed by atoms with Crippen LogP contribution in [0.15, 0.2) is 12.4 Å². The number of nitrogens with one attached hydrogen (secondary N) is 2. The van der Waals surface area contributed by atoms with Crippen molar-refractivity contribution in [2.24, 2.45) is 11.1 Å². The summed E-state index contributed by atoms with van der Waals surface area (Å²) in [6, 6.07) is 0. The number of thiocarbonyl (C=S) groups is 1. The van der Waals surface area contributed by atoms with Crippen LogP contribution in [0.5, 0.6) is 0 Å². The van der Waals surface area contributed by atoms with Gasteiger partial charge in [-0.15, -0.1) is 0 Å². The number of rotatable bonds is 3. The smallest absolute Gasteiger partial charge is 0.237 e. The Bertz CT molecular complexity index is 412. The highest BCUT2D eigenvalue weighted by molar-refractivity contribution is 7.80. The van der Waals surface area contributed by atoms with Crippen LogP contribution in [0.3, 0.4) is 0 Å². The average Bonchev–Trinajstić information content (AvgIpc) is 2.82. The molecular formula is C10H14N4O2S. The van der Waals surface area contributed by atoms with E-state index in [1.165, 1.54) is 6.20 Å². The van der Waals surface area contributed by atoms with Gasteiger partial charge in [0.25, 0.3) is 0 Å². The van der Waals surface area contributed by atoms with Gasteiger partial charge in [-0.25, -0.2) is 0 Å². The molecule has 1 aromatic heterocycles. The maximum atomic E-state index is 12.3. The molecule has 1 aliphatic rings. The van der Waals surface area contributed by atoms with Crippen molar-refractivity contribution >= 4 is 28.8 Å². The fourth-order valence-corrected chi connectivity index (χ4v) is 2.17. The molecule has 1 saturated heterocycles. The molecule has 2 heterocycles. The summed E-state index contributed by atoms with van der Waals surface area (Å²) in [6.45, 7) is 0.992. The number of nitrogens with two attached hydrogens (primary N) is 1. The minimum atomic E-state index is -0.801. The number of aromatic amines is 1. The lowest BCUT2D eigenvalue weighted by Crippen LogP contribution is -2.49. The number of carbonyl (C=O) groups is 1. The zero-order valence-electron chi connectivity index (χ0n) is 9.23. The van der Waals surface area contributed by atoms with Crippen LogP contribution in [0.4, 0.5) is 5.69 Å². The average molecular weight is 254 g/mol. The first-order valence-electron chi connectivity index (χ1n) is 5.33. The highest BCUT2D eigenvalue weighted by Gasteiger charge is 2.43. The molecule has 7 heteroatoms. The summed E-state index contributed by atoms with van der Waals surface area (Å²) in [5, 5.41) is 9.14. The van der Waals surface area contributed by atoms with Crippen molar-refractivity contribution in [1.82, 2.24) is 10.2 Å². The molecule has 0 atom stereocenters. The molecule has 0 aliphatic carbocycles. The summed E-state index contributed by atoms with van der Waals surface area (Å²) in [6.07, 6.45) is 4.17. The van der Waals surface area contributed by atoms with E-state index in [-0.39, 0.29) is 10.9 Å². The molecule has 4 N–H and O–H groups in total. The lowest BCUT2D eigenvalue weighted by molar-refractivity contribution is -0.126. The first kappa shape index (κ1) is 12.0. The topological polar surface area (TPSA) is 93.0 Å². The predicted molar refractivity (Wildman–Crippen MR) is 66.5 cm³/mol. The normalized spacial score (nSPS) is 18.6. The molecule has 92 valence electrons. The number of aromatic nitrogens is 2. The van der Waals surface area contributed by atoms with E-state index in [1.54, 1.807) is 6.20 Å². The summed E-state index contributed by atoms with van der Waals surface area (Å²) >= 11 is 5.04. The van der Waals surface area contributed by atoms with Gasteiger partial charge >= 0.3 is 0 Å². The van der Waals surface area contributed by atoms with Gasteiger partial charge in [-0.2, -0.15) is 5.10 Å². The third-order valence-electron chi connectivity index (χ3n) is 3.01. The van der Waals surface area contributed by atoms with E-state index in [0.717, 1.165) is 0 Å². The highest BCUT2D eigenvalue weighted by atomic mass is 32.1. The highest BCUT2D eigenvalue weighted by Crippen LogP contribution is 2.32. The van der Waals surface area contributed by atoms with Crippen LogP contribution in [0, 0.1) is 5.41 Å². The minimum Gasteiger partial charge on any atom is -0.392 e. The molecule has 0 aromatic carbocycles. The molecule has 0 spiro atoms. The van der Waals surface area contributed by atoms with Crippen molar-refractivity contribution in [3.05, 3.63) is 12.4 Å². The van der Waals surface area contributed by atoms with Gasteiger partial charge in [-0.3, -0.25) is 9.89 Å². The summed E-state index contributed by atoms with van der Waals surface area (Å²) in [7, 11) is 0. The van der Waals surface area contributed by atoms with Gasteiger partial charge in [-0.05, 0) is 12.8 Å². The van der Waals surface area contributed by atoms with E-state index in [9.17, 15) is 4.79 Å². The Hall–Kier alpha value is -1.47. The monoisotopic (exact) mass is 254 g/mol. The maximum absolute atomic E-state index is 12.3. The summed E-state index contributed by atoms with van der Waals surface area (Å²) < 4.78 is 5.25. The predicted octanol–water partition coefficient (Wildman–Crippen LogP) is 0.431. The molecule has 2 rings (SSSR count). The first-order chi connectivity index (χ1) is 8.15. The van der Waals surface area contributed by atoms with Crippen LogP contribution in [0.2, 0.25) is 0 Å². The number of nitrogens with zero attached hydrogens (tertiary/aromatic N) is 1. The summed E-state index contributed by atoms with van der Waals surface area (Å²) in [5.74, 6) is -0.185. The minimum absolute atomic E-state index is 0.185. The fourth-order valence-electron chi connectivity index (χ4n) is 1.88. The van der Waals surface area contributed by atoms with E-state index in [0.29, 0.717) is 31.7 Å². The van der Waals surface area contributed by atoms with E-state index in [4.69, 9.17) is 22.7 Å². The molecule has 0 unspecified atom stereocenters. The van der Waals surface area contributed by atoms with Gasteiger partial charge in [0, 0.05) is 19.4 Å². The van der Waals surface area contributed by atoms with Crippen molar-refractivity contribution in [1.29, 1.82) is 0 Å². The second kappa shape index (κ2) is 4.80. The SMILES string of the molecule is NC(=S)C1(C(=O)Nc2cn[nH]c2)CCOCC1. The van der Waals surface area contributed by atoms with Crippen molar-refractivity contribution in [2.45, 2.75) is 12.8 Å². The molecule has 1 amide bonds. The Morgan fingerprint density at radius 1 is 1.59 bits per heavy atom. The van der Waals surface area contributed by atoms with Crippen molar-refractivity contribution in [3.63, 3.8) is 0 Å². The van der Waals surface area contributed by atoms with Gasteiger partial charge < -0.3 is 15.8 Å². The Morgan fingerprint density at radius 3 is 2.82 bits per heavy atom. The molecule has 1 fully saturated rings. The van der Waals surface area contributed by atoms with E-state index < -0.39 is 5.41 Å². The quantitative estimate of drug-likeness (QED) is 0.680. The number of anilines is 1. The zero-order valence-corrected chi connectivity index (χ0v) is 10.0. The lowest BCUT2D eigenvalue weighted by atomic mass is 9.79. The maximum Gasteiger partial charge on any atom is 0.237 e. The molecule has 0 radical (unpaired) electrons. The second-order valence-corrected chi connectivity index (χ2v) is 4.44. The van der Waals surface area contributed by atoms with Gasteiger partial charge in [0.1, 0.15) is 5.41 Å². The number of carbonyl (C=O) groups excluding carboxylic acids is 1. The zero-order chi connectivity index (χ0) is 12.3. The van der Waals surface area contributed by atoms with Crippen molar-refractivity contribution < 1.29 is 9.53 Å². The van der Waals surface area contributed by atoms with Crippen LogP contribution in [0.25, 0.3) is 0 Å². The van der Waals surface area contributed by atoms with Crippen molar-refractivity contribution in [3.8, 4) is 0 Å². The Balaban J connectivity index is 2.15. The molecule has 0 bridgehead atoms. The molecule has 1 aliphatic heterocycles. The van der Waals surface area contributed by atoms with Gasteiger partial charge in [0.15, 0.2) is 0 Å². The number of amides is 1. The van der Waals surface area contributed by atoms with E-state index in [2.05, 4.69) is 15.5 Å².